The van der Waals surface area contributed by atoms with Crippen LogP contribution in [-0.2, 0) is 4.79 Å². The number of hydrogen-bond acceptors (Lipinski definition) is 7. The van der Waals surface area contributed by atoms with Crippen molar-refractivity contribution in [3.63, 3.8) is 0 Å². The highest BCUT2D eigenvalue weighted by atomic mass is 16.5. The summed E-state index contributed by atoms with van der Waals surface area (Å²) >= 11 is 0. The van der Waals surface area contributed by atoms with E-state index in [4.69, 9.17) is 23.7 Å². The molecular formula is C23H24O7. The lowest BCUT2D eigenvalue weighted by Gasteiger charge is -2.28. The van der Waals surface area contributed by atoms with E-state index in [0.717, 1.165) is 0 Å². The molecule has 0 saturated heterocycles. The topological polar surface area (TPSA) is 80.3 Å². The first-order valence-electron chi connectivity index (χ1n) is 9.27. The van der Waals surface area contributed by atoms with E-state index < -0.39 is 6.10 Å². The van der Waals surface area contributed by atoms with Crippen LogP contribution >= 0.6 is 0 Å². The van der Waals surface area contributed by atoms with Crippen molar-refractivity contribution in [2.24, 2.45) is 0 Å². The Labute approximate surface area is 175 Å². The fourth-order valence-corrected chi connectivity index (χ4v) is 3.55. The molecule has 1 unspecified atom stereocenters. The Balaban J connectivity index is 2.30. The molecule has 0 N–H and O–H groups in total. The monoisotopic (exact) mass is 412 g/mol. The van der Waals surface area contributed by atoms with E-state index in [-0.39, 0.29) is 11.6 Å². The highest BCUT2D eigenvalue weighted by Crippen LogP contribution is 2.45. The van der Waals surface area contributed by atoms with Gasteiger partial charge in [-0.2, -0.15) is 0 Å². The maximum atomic E-state index is 12.5. The molecule has 1 aliphatic heterocycles. The largest absolute Gasteiger partial charge is 0.493 e. The fourth-order valence-electron chi connectivity index (χ4n) is 3.55. The molecule has 1 atom stereocenters. The summed E-state index contributed by atoms with van der Waals surface area (Å²) in [7, 11) is 6.03. The second kappa shape index (κ2) is 8.49. The van der Waals surface area contributed by atoms with Crippen molar-refractivity contribution >= 4 is 23.2 Å². The van der Waals surface area contributed by atoms with E-state index in [1.54, 1.807) is 31.4 Å². The molecule has 0 aliphatic carbocycles. The number of fused-ring (bicyclic) bond motifs is 1. The quantitative estimate of drug-likeness (QED) is 0.640. The first-order chi connectivity index (χ1) is 14.4. The van der Waals surface area contributed by atoms with Gasteiger partial charge in [0.25, 0.3) is 0 Å². The van der Waals surface area contributed by atoms with Crippen molar-refractivity contribution in [1.29, 1.82) is 0 Å². The fraction of sp³-hybridized carbons (Fsp3) is 0.304. The van der Waals surface area contributed by atoms with Crippen LogP contribution in [0.4, 0.5) is 0 Å². The number of hydrogen-bond donors (Lipinski definition) is 0. The molecular weight excluding hydrogens is 388 g/mol. The van der Waals surface area contributed by atoms with Gasteiger partial charge in [-0.1, -0.05) is 6.07 Å². The summed E-state index contributed by atoms with van der Waals surface area (Å²) in [5, 5.41) is 0. The Bertz CT molecular complexity index is 1040. The molecule has 30 heavy (non-hydrogen) atoms. The number of methoxy groups -OCH3 is 4. The summed E-state index contributed by atoms with van der Waals surface area (Å²) < 4.78 is 27.5. The molecule has 1 heterocycles. The zero-order chi connectivity index (χ0) is 22.0. The Hall–Kier alpha value is -3.48. The van der Waals surface area contributed by atoms with Gasteiger partial charge < -0.3 is 23.7 Å². The molecule has 7 heteroatoms. The van der Waals surface area contributed by atoms with Gasteiger partial charge in [0, 0.05) is 17.2 Å². The van der Waals surface area contributed by atoms with Crippen LogP contribution in [0.15, 0.2) is 24.3 Å². The van der Waals surface area contributed by atoms with E-state index in [2.05, 4.69) is 0 Å². The van der Waals surface area contributed by atoms with Crippen molar-refractivity contribution in [1.82, 2.24) is 0 Å². The van der Waals surface area contributed by atoms with Gasteiger partial charge in [-0.05, 0) is 37.6 Å². The normalized spacial score (nSPS) is 14.7. The molecule has 158 valence electrons. The third-order valence-corrected chi connectivity index (χ3v) is 4.94. The maximum absolute atomic E-state index is 12.5. The van der Waals surface area contributed by atoms with Crippen LogP contribution in [0.25, 0.3) is 11.6 Å². The van der Waals surface area contributed by atoms with Crippen LogP contribution in [0.2, 0.25) is 0 Å². The highest BCUT2D eigenvalue weighted by Gasteiger charge is 2.32. The van der Waals surface area contributed by atoms with E-state index in [9.17, 15) is 9.59 Å². The summed E-state index contributed by atoms with van der Waals surface area (Å²) in [6.07, 6.45) is 0.929. The zero-order valence-corrected chi connectivity index (χ0v) is 17.8. The van der Waals surface area contributed by atoms with Crippen LogP contribution < -0.4 is 23.7 Å². The Kier molecular flexibility index (Phi) is 6.01. The first-order valence-corrected chi connectivity index (χ1v) is 9.27. The Morgan fingerprint density at radius 1 is 0.867 bits per heavy atom. The summed E-state index contributed by atoms with van der Waals surface area (Å²) in [5.74, 6) is 1.73. The second-order valence-corrected chi connectivity index (χ2v) is 6.73. The van der Waals surface area contributed by atoms with E-state index in [1.807, 2.05) is 6.07 Å². The smallest absolute Gasteiger partial charge is 0.182 e. The molecule has 0 bridgehead atoms. The van der Waals surface area contributed by atoms with E-state index in [1.165, 1.54) is 35.2 Å². The van der Waals surface area contributed by atoms with Crippen LogP contribution in [0.5, 0.6) is 28.7 Å². The van der Waals surface area contributed by atoms with Gasteiger partial charge in [-0.15, -0.1) is 0 Å². The van der Waals surface area contributed by atoms with Gasteiger partial charge in [0.05, 0.1) is 34.0 Å². The van der Waals surface area contributed by atoms with Gasteiger partial charge in [0.1, 0.15) is 5.75 Å². The lowest BCUT2D eigenvalue weighted by molar-refractivity contribution is -0.121. The number of ether oxygens (including phenoxy) is 5. The average Bonchev–Trinajstić information content (AvgIpc) is 2.75. The molecule has 0 radical (unpaired) electrons. The average molecular weight is 412 g/mol. The molecule has 3 rings (SSSR count). The third-order valence-electron chi connectivity index (χ3n) is 4.94. The van der Waals surface area contributed by atoms with Crippen molar-refractivity contribution in [2.75, 3.05) is 28.4 Å². The van der Waals surface area contributed by atoms with Crippen LogP contribution in [0, 0.1) is 0 Å². The number of benzene rings is 2. The number of carbonyl (C=O) groups is 2. The van der Waals surface area contributed by atoms with Gasteiger partial charge >= 0.3 is 0 Å². The minimum absolute atomic E-state index is 0.180. The lowest BCUT2D eigenvalue weighted by Crippen LogP contribution is -2.29. The summed E-state index contributed by atoms with van der Waals surface area (Å²) in [6, 6.07) is 6.95. The summed E-state index contributed by atoms with van der Waals surface area (Å²) in [4.78, 5) is 24.9. The minimum atomic E-state index is -0.853. The molecule has 0 aromatic heterocycles. The highest BCUT2D eigenvalue weighted by molar-refractivity contribution is 6.08. The number of Topliss-reactive ketones (excluding diaryl/α,β-unsaturated/α-hetero) is 2. The van der Waals surface area contributed by atoms with Crippen LogP contribution in [-0.4, -0.2) is 46.1 Å². The molecule has 0 spiro atoms. The predicted molar refractivity (Wildman–Crippen MR) is 112 cm³/mol. The maximum Gasteiger partial charge on any atom is 0.182 e. The minimum Gasteiger partial charge on any atom is -0.493 e. The van der Waals surface area contributed by atoms with Gasteiger partial charge in [0.2, 0.25) is 0 Å². The molecule has 0 fully saturated rings. The van der Waals surface area contributed by atoms with Crippen molar-refractivity contribution in [3.8, 4) is 28.7 Å². The number of rotatable bonds is 7. The van der Waals surface area contributed by atoms with Gasteiger partial charge in [0.15, 0.2) is 40.7 Å². The zero-order valence-electron chi connectivity index (χ0n) is 17.8. The van der Waals surface area contributed by atoms with E-state index in [0.29, 0.717) is 51.0 Å². The van der Waals surface area contributed by atoms with Crippen molar-refractivity contribution < 1.29 is 33.3 Å². The molecule has 0 saturated carbocycles. The molecule has 0 amide bonds. The summed E-state index contributed by atoms with van der Waals surface area (Å²) in [5.41, 5.74) is 2.17. The Morgan fingerprint density at radius 3 is 2.07 bits per heavy atom. The van der Waals surface area contributed by atoms with Crippen LogP contribution in [0.3, 0.4) is 0 Å². The number of carbonyl (C=O) groups excluding carboxylic acids is 2. The molecule has 7 nitrogen and oxygen atoms in total. The molecule has 1 aliphatic rings. The van der Waals surface area contributed by atoms with Crippen molar-refractivity contribution in [3.05, 3.63) is 41.0 Å². The first kappa shape index (κ1) is 21.2. The second-order valence-electron chi connectivity index (χ2n) is 6.73. The Morgan fingerprint density at radius 2 is 1.53 bits per heavy atom. The predicted octanol–water partition coefficient (Wildman–Crippen LogP) is 3.81. The van der Waals surface area contributed by atoms with E-state index >= 15 is 0 Å². The van der Waals surface area contributed by atoms with Gasteiger partial charge in [-0.25, -0.2) is 0 Å². The third kappa shape index (κ3) is 3.58. The van der Waals surface area contributed by atoms with Crippen molar-refractivity contribution in [2.45, 2.75) is 20.0 Å². The lowest BCUT2D eigenvalue weighted by atomic mass is 9.90. The molecule has 2 aromatic carbocycles. The summed E-state index contributed by atoms with van der Waals surface area (Å²) in [6.45, 7) is 2.90. The van der Waals surface area contributed by atoms with Gasteiger partial charge in [-0.3, -0.25) is 9.59 Å². The van der Waals surface area contributed by atoms with Crippen LogP contribution in [0.1, 0.15) is 35.3 Å². The number of ketones is 2. The standard InChI is InChI=1S/C23H24O7/c1-12(24)21-16-10-15(14-7-8-17(26-3)19(9-14)27-4)22(13(2)25)30-18(16)11-20(28-5)23(21)29-6/h7-11,22H,1-6H3. The molecule has 2 aromatic rings. The SMILES string of the molecule is COc1ccc(C2=Cc3c(cc(OC)c(OC)c3C(C)=O)OC2C(C)=O)cc1OC.